The zero-order chi connectivity index (χ0) is 13.5. The maximum atomic E-state index is 11.7. The molecule has 1 fully saturated rings. The predicted molar refractivity (Wildman–Crippen MR) is 79.7 cm³/mol. The molecule has 2 rings (SSSR count). The van der Waals surface area contributed by atoms with Gasteiger partial charge in [-0.15, -0.1) is 0 Å². The first-order chi connectivity index (χ1) is 9.29. The molecular weight excluding hydrogens is 238 g/mol. The minimum absolute atomic E-state index is 0.0872. The van der Waals surface area contributed by atoms with Crippen molar-refractivity contribution < 1.29 is 4.79 Å². The number of carbonyl (C=O) groups excluding carboxylic acids is 1. The summed E-state index contributed by atoms with van der Waals surface area (Å²) >= 11 is 0. The van der Waals surface area contributed by atoms with Crippen molar-refractivity contribution >= 4 is 17.3 Å². The standard InChI is InChI=1S/C15H23N3O/c1-16-10-4-5-15(19)17-13-6-8-14(9-7-13)18-11-2-3-12-18/h6-9,16H,2-5,10-12H2,1H3,(H,17,19). The molecule has 104 valence electrons. The van der Waals surface area contributed by atoms with E-state index < -0.39 is 0 Å². The molecule has 0 atom stereocenters. The van der Waals surface area contributed by atoms with E-state index in [-0.39, 0.29) is 5.91 Å². The number of nitrogens with zero attached hydrogens (tertiary/aromatic N) is 1. The summed E-state index contributed by atoms with van der Waals surface area (Å²) < 4.78 is 0. The highest BCUT2D eigenvalue weighted by atomic mass is 16.1. The van der Waals surface area contributed by atoms with Gasteiger partial charge in [-0.25, -0.2) is 0 Å². The number of benzene rings is 1. The first-order valence-corrected chi connectivity index (χ1v) is 7.09. The van der Waals surface area contributed by atoms with Crippen molar-refractivity contribution in [1.82, 2.24) is 5.32 Å². The lowest BCUT2D eigenvalue weighted by Crippen LogP contribution is -2.18. The fourth-order valence-electron chi connectivity index (χ4n) is 2.38. The van der Waals surface area contributed by atoms with Crippen LogP contribution in [0, 0.1) is 0 Å². The van der Waals surface area contributed by atoms with Crippen LogP contribution in [0.2, 0.25) is 0 Å². The molecule has 1 amide bonds. The maximum Gasteiger partial charge on any atom is 0.224 e. The molecule has 1 aliphatic heterocycles. The van der Waals surface area contributed by atoms with E-state index in [0.717, 1.165) is 31.7 Å². The van der Waals surface area contributed by atoms with Crippen molar-refractivity contribution in [3.8, 4) is 0 Å². The minimum Gasteiger partial charge on any atom is -0.372 e. The van der Waals surface area contributed by atoms with Crippen molar-refractivity contribution in [2.24, 2.45) is 0 Å². The van der Waals surface area contributed by atoms with Crippen LogP contribution in [-0.4, -0.2) is 32.6 Å². The smallest absolute Gasteiger partial charge is 0.224 e. The normalized spacial score (nSPS) is 14.7. The van der Waals surface area contributed by atoms with Crippen molar-refractivity contribution in [1.29, 1.82) is 0 Å². The van der Waals surface area contributed by atoms with E-state index in [9.17, 15) is 4.79 Å². The lowest BCUT2D eigenvalue weighted by atomic mass is 10.2. The summed E-state index contributed by atoms with van der Waals surface area (Å²) in [6.07, 6.45) is 4.00. The molecule has 4 heteroatoms. The predicted octanol–water partition coefficient (Wildman–Crippen LogP) is 2.22. The summed E-state index contributed by atoms with van der Waals surface area (Å²) in [5.74, 6) is 0.0872. The van der Waals surface area contributed by atoms with E-state index in [1.165, 1.54) is 18.5 Å². The van der Waals surface area contributed by atoms with Gasteiger partial charge in [0, 0.05) is 30.9 Å². The first kappa shape index (κ1) is 13.9. The number of hydrogen-bond donors (Lipinski definition) is 2. The van der Waals surface area contributed by atoms with Crippen molar-refractivity contribution in [2.75, 3.05) is 36.9 Å². The Kier molecular flexibility index (Phi) is 5.21. The van der Waals surface area contributed by atoms with Crippen molar-refractivity contribution in [2.45, 2.75) is 25.7 Å². The number of rotatable bonds is 6. The molecule has 1 saturated heterocycles. The van der Waals surface area contributed by atoms with Gasteiger partial charge < -0.3 is 15.5 Å². The van der Waals surface area contributed by atoms with E-state index >= 15 is 0 Å². The molecular formula is C15H23N3O. The molecule has 0 unspecified atom stereocenters. The summed E-state index contributed by atoms with van der Waals surface area (Å²) in [7, 11) is 1.90. The third-order valence-corrected chi connectivity index (χ3v) is 3.45. The molecule has 4 nitrogen and oxygen atoms in total. The van der Waals surface area contributed by atoms with Gasteiger partial charge in [0.05, 0.1) is 0 Å². The highest BCUT2D eigenvalue weighted by Crippen LogP contribution is 2.22. The molecule has 0 spiro atoms. The van der Waals surface area contributed by atoms with Gasteiger partial charge in [0.1, 0.15) is 0 Å². The van der Waals surface area contributed by atoms with E-state index in [4.69, 9.17) is 0 Å². The van der Waals surface area contributed by atoms with Crippen LogP contribution < -0.4 is 15.5 Å². The lowest BCUT2D eigenvalue weighted by molar-refractivity contribution is -0.116. The van der Waals surface area contributed by atoms with Crippen LogP contribution >= 0.6 is 0 Å². The van der Waals surface area contributed by atoms with Crippen LogP contribution in [0.25, 0.3) is 0 Å². The molecule has 1 aliphatic rings. The van der Waals surface area contributed by atoms with Gasteiger partial charge in [-0.2, -0.15) is 0 Å². The number of amides is 1. The Morgan fingerprint density at radius 3 is 2.53 bits per heavy atom. The van der Waals surface area contributed by atoms with Gasteiger partial charge in [-0.3, -0.25) is 4.79 Å². The number of anilines is 2. The Morgan fingerprint density at radius 1 is 1.21 bits per heavy atom. The second kappa shape index (κ2) is 7.14. The SMILES string of the molecule is CNCCCC(=O)Nc1ccc(N2CCCC2)cc1. The van der Waals surface area contributed by atoms with Crippen molar-refractivity contribution in [3.63, 3.8) is 0 Å². The third kappa shape index (κ3) is 4.24. The van der Waals surface area contributed by atoms with E-state index in [2.05, 4.69) is 27.7 Å². The molecule has 0 aliphatic carbocycles. The summed E-state index contributed by atoms with van der Waals surface area (Å²) in [5, 5.41) is 5.97. The Hall–Kier alpha value is -1.55. The van der Waals surface area contributed by atoms with Gasteiger partial charge in [-0.05, 0) is 57.1 Å². The number of nitrogens with one attached hydrogen (secondary N) is 2. The number of hydrogen-bond acceptors (Lipinski definition) is 3. The van der Waals surface area contributed by atoms with Crippen LogP contribution in [0.1, 0.15) is 25.7 Å². The van der Waals surface area contributed by atoms with Gasteiger partial charge in [0.15, 0.2) is 0 Å². The molecule has 1 heterocycles. The average Bonchev–Trinajstić information content (AvgIpc) is 2.94. The molecule has 0 aromatic heterocycles. The van der Waals surface area contributed by atoms with E-state index in [1.807, 2.05) is 19.2 Å². The molecule has 0 saturated carbocycles. The lowest BCUT2D eigenvalue weighted by Gasteiger charge is -2.17. The molecule has 1 aromatic carbocycles. The zero-order valence-corrected chi connectivity index (χ0v) is 11.6. The largest absolute Gasteiger partial charge is 0.372 e. The Labute approximate surface area is 115 Å². The highest BCUT2D eigenvalue weighted by molar-refractivity contribution is 5.90. The summed E-state index contributed by atoms with van der Waals surface area (Å²) in [6, 6.07) is 8.16. The second-order valence-electron chi connectivity index (χ2n) is 5.00. The van der Waals surface area contributed by atoms with Gasteiger partial charge >= 0.3 is 0 Å². The summed E-state index contributed by atoms with van der Waals surface area (Å²) in [4.78, 5) is 14.1. The minimum atomic E-state index is 0.0872. The average molecular weight is 261 g/mol. The van der Waals surface area contributed by atoms with E-state index in [0.29, 0.717) is 6.42 Å². The van der Waals surface area contributed by atoms with Crippen LogP contribution in [0.15, 0.2) is 24.3 Å². The zero-order valence-electron chi connectivity index (χ0n) is 11.6. The van der Waals surface area contributed by atoms with Crippen LogP contribution in [-0.2, 0) is 4.79 Å². The highest BCUT2D eigenvalue weighted by Gasteiger charge is 2.11. The Bertz CT molecular complexity index is 396. The summed E-state index contributed by atoms with van der Waals surface area (Å²) in [5.41, 5.74) is 2.14. The quantitative estimate of drug-likeness (QED) is 0.772. The van der Waals surface area contributed by atoms with E-state index in [1.54, 1.807) is 0 Å². The molecule has 0 bridgehead atoms. The summed E-state index contributed by atoms with van der Waals surface area (Å²) in [6.45, 7) is 3.17. The fraction of sp³-hybridized carbons (Fsp3) is 0.533. The first-order valence-electron chi connectivity index (χ1n) is 7.09. The monoisotopic (exact) mass is 261 g/mol. The van der Waals surface area contributed by atoms with Gasteiger partial charge in [-0.1, -0.05) is 0 Å². The molecule has 19 heavy (non-hydrogen) atoms. The molecule has 0 radical (unpaired) electrons. The third-order valence-electron chi connectivity index (χ3n) is 3.45. The number of carbonyl (C=O) groups is 1. The Morgan fingerprint density at radius 2 is 1.89 bits per heavy atom. The fourth-order valence-corrected chi connectivity index (χ4v) is 2.38. The Balaban J connectivity index is 1.82. The second-order valence-corrected chi connectivity index (χ2v) is 5.00. The van der Waals surface area contributed by atoms with Crippen LogP contribution in [0.4, 0.5) is 11.4 Å². The van der Waals surface area contributed by atoms with Gasteiger partial charge in [0.2, 0.25) is 5.91 Å². The molecule has 1 aromatic rings. The van der Waals surface area contributed by atoms with Crippen LogP contribution in [0.5, 0.6) is 0 Å². The van der Waals surface area contributed by atoms with Crippen LogP contribution in [0.3, 0.4) is 0 Å². The maximum absolute atomic E-state index is 11.7. The van der Waals surface area contributed by atoms with Gasteiger partial charge in [0.25, 0.3) is 0 Å². The topological polar surface area (TPSA) is 44.4 Å². The molecule has 2 N–H and O–H groups in total. The van der Waals surface area contributed by atoms with Crippen molar-refractivity contribution in [3.05, 3.63) is 24.3 Å².